The van der Waals surface area contributed by atoms with E-state index in [1.165, 1.54) is 12.1 Å². The van der Waals surface area contributed by atoms with Crippen LogP contribution in [0.25, 0.3) is 0 Å². The van der Waals surface area contributed by atoms with Gasteiger partial charge in [0.2, 0.25) is 11.7 Å². The molecule has 0 atom stereocenters. The number of methoxy groups -OCH3 is 2. The van der Waals surface area contributed by atoms with Crippen molar-refractivity contribution < 1.29 is 19.1 Å². The van der Waals surface area contributed by atoms with E-state index in [0.717, 1.165) is 36.0 Å². The summed E-state index contributed by atoms with van der Waals surface area (Å²) in [4.78, 5) is 18.4. The van der Waals surface area contributed by atoms with Crippen LogP contribution in [0.3, 0.4) is 0 Å². The number of nitrogen functional groups attached to an aromatic ring is 2. The molecule has 0 saturated heterocycles. The number of unbranched alkanes of at least 4 members (excludes halogenated alkanes) is 1. The Balaban J connectivity index is 1.63. The van der Waals surface area contributed by atoms with Gasteiger partial charge < -0.3 is 25.7 Å². The van der Waals surface area contributed by atoms with Crippen LogP contribution >= 0.6 is 0 Å². The number of non-ortho nitro benzene ring substituents is 1. The first-order chi connectivity index (χ1) is 15.9. The molecule has 10 nitrogen and oxygen atoms in total. The number of hydrogen-bond acceptors (Lipinski definition) is 9. The number of anilines is 2. The summed E-state index contributed by atoms with van der Waals surface area (Å²) in [6, 6.07) is 10.3. The molecule has 0 radical (unpaired) electrons. The van der Waals surface area contributed by atoms with Crippen LogP contribution < -0.4 is 25.7 Å². The number of nitro groups is 1. The minimum atomic E-state index is -0.401. The van der Waals surface area contributed by atoms with Gasteiger partial charge in [0.25, 0.3) is 5.69 Å². The fraction of sp³-hybridized carbons (Fsp3) is 0.304. The number of rotatable bonds is 11. The standard InChI is InChI=1S/C23H27N5O5/c1-31-19-12-16(11-17-14-26-23(25)27-22(17)24)13-20(21(19)32-2)33-10-4-3-5-15-6-8-18(9-7-15)28(29)30/h6-9,12-14H,3-5,10-11H2,1-2H3,(H4,24,25,26,27). The molecule has 1 aromatic heterocycles. The van der Waals surface area contributed by atoms with Crippen molar-refractivity contribution in [2.75, 3.05) is 32.3 Å². The first kappa shape index (κ1) is 23.6. The highest BCUT2D eigenvalue weighted by Gasteiger charge is 2.15. The second-order valence-electron chi connectivity index (χ2n) is 7.37. The smallest absolute Gasteiger partial charge is 0.269 e. The van der Waals surface area contributed by atoms with Gasteiger partial charge in [0.1, 0.15) is 5.82 Å². The second kappa shape index (κ2) is 11.0. The number of nitro benzene ring substituents is 1. The van der Waals surface area contributed by atoms with Gasteiger partial charge in [0.15, 0.2) is 11.5 Å². The Morgan fingerprint density at radius 2 is 1.73 bits per heavy atom. The normalized spacial score (nSPS) is 10.6. The third-order valence-electron chi connectivity index (χ3n) is 5.08. The molecular weight excluding hydrogens is 426 g/mol. The van der Waals surface area contributed by atoms with Crippen LogP contribution in [0.15, 0.2) is 42.6 Å². The van der Waals surface area contributed by atoms with Crippen LogP contribution in [0.2, 0.25) is 0 Å². The fourth-order valence-corrected chi connectivity index (χ4v) is 3.38. The highest BCUT2D eigenvalue weighted by atomic mass is 16.6. The van der Waals surface area contributed by atoms with Gasteiger partial charge >= 0.3 is 0 Å². The molecule has 3 aromatic rings. The van der Waals surface area contributed by atoms with Crippen molar-refractivity contribution in [3.63, 3.8) is 0 Å². The van der Waals surface area contributed by atoms with E-state index in [-0.39, 0.29) is 11.6 Å². The van der Waals surface area contributed by atoms with Crippen molar-refractivity contribution in [1.29, 1.82) is 0 Å². The Kier molecular flexibility index (Phi) is 7.85. The Bertz CT molecular complexity index is 1110. The molecule has 0 bridgehead atoms. The summed E-state index contributed by atoms with van der Waals surface area (Å²) in [5.74, 6) is 2.08. The second-order valence-corrected chi connectivity index (χ2v) is 7.37. The lowest BCUT2D eigenvalue weighted by Crippen LogP contribution is -2.05. The molecule has 0 aliphatic carbocycles. The van der Waals surface area contributed by atoms with E-state index in [1.807, 2.05) is 12.1 Å². The van der Waals surface area contributed by atoms with E-state index in [1.54, 1.807) is 32.5 Å². The van der Waals surface area contributed by atoms with Gasteiger partial charge in [-0.25, -0.2) is 4.98 Å². The highest BCUT2D eigenvalue weighted by Crippen LogP contribution is 2.39. The van der Waals surface area contributed by atoms with Crippen molar-refractivity contribution in [3.8, 4) is 17.2 Å². The molecule has 3 rings (SSSR count). The van der Waals surface area contributed by atoms with E-state index >= 15 is 0 Å². The zero-order valence-electron chi connectivity index (χ0n) is 18.6. The van der Waals surface area contributed by atoms with Gasteiger partial charge in [-0.05, 0) is 42.5 Å². The molecule has 0 amide bonds. The Morgan fingerprint density at radius 3 is 2.36 bits per heavy atom. The van der Waals surface area contributed by atoms with Crippen molar-refractivity contribution in [1.82, 2.24) is 9.97 Å². The Labute approximate surface area is 191 Å². The topological polar surface area (TPSA) is 149 Å². The predicted octanol–water partition coefficient (Wildman–Crippen LogP) is 3.56. The van der Waals surface area contributed by atoms with Crippen molar-refractivity contribution in [3.05, 3.63) is 69.4 Å². The number of nitrogens with two attached hydrogens (primary N) is 2. The molecule has 0 aliphatic rings. The molecule has 4 N–H and O–H groups in total. The summed E-state index contributed by atoms with van der Waals surface area (Å²) in [5.41, 5.74) is 14.3. The molecule has 0 spiro atoms. The minimum absolute atomic E-state index is 0.0929. The molecule has 0 unspecified atom stereocenters. The summed E-state index contributed by atoms with van der Waals surface area (Å²) >= 11 is 0. The van der Waals surface area contributed by atoms with Gasteiger partial charge in [-0.2, -0.15) is 4.98 Å². The lowest BCUT2D eigenvalue weighted by atomic mass is 10.1. The van der Waals surface area contributed by atoms with Crippen LogP contribution in [0.4, 0.5) is 17.5 Å². The summed E-state index contributed by atoms with van der Waals surface area (Å²) in [5, 5.41) is 10.8. The monoisotopic (exact) mass is 453 g/mol. The third-order valence-corrected chi connectivity index (χ3v) is 5.08. The molecule has 0 fully saturated rings. The number of aromatic nitrogens is 2. The van der Waals surface area contributed by atoms with E-state index in [0.29, 0.717) is 36.1 Å². The van der Waals surface area contributed by atoms with E-state index in [9.17, 15) is 10.1 Å². The minimum Gasteiger partial charge on any atom is -0.493 e. The highest BCUT2D eigenvalue weighted by molar-refractivity contribution is 5.55. The summed E-state index contributed by atoms with van der Waals surface area (Å²) in [7, 11) is 3.13. The summed E-state index contributed by atoms with van der Waals surface area (Å²) in [6.45, 7) is 0.475. The maximum absolute atomic E-state index is 10.8. The molecule has 174 valence electrons. The number of aryl methyl sites for hydroxylation is 1. The predicted molar refractivity (Wildman–Crippen MR) is 125 cm³/mol. The van der Waals surface area contributed by atoms with Crippen LogP contribution in [0.1, 0.15) is 29.5 Å². The summed E-state index contributed by atoms with van der Waals surface area (Å²) in [6.07, 6.45) is 4.55. The average molecular weight is 453 g/mol. The molecule has 0 aliphatic heterocycles. The van der Waals surface area contributed by atoms with Crippen LogP contribution in [-0.4, -0.2) is 35.7 Å². The Hall–Kier alpha value is -4.08. The van der Waals surface area contributed by atoms with Gasteiger partial charge in [0, 0.05) is 30.3 Å². The molecule has 0 saturated carbocycles. The first-order valence-electron chi connectivity index (χ1n) is 10.4. The van der Waals surface area contributed by atoms with Gasteiger partial charge in [0.05, 0.1) is 25.7 Å². The van der Waals surface area contributed by atoms with Crippen LogP contribution in [0, 0.1) is 10.1 Å². The van der Waals surface area contributed by atoms with E-state index < -0.39 is 4.92 Å². The number of benzene rings is 2. The third kappa shape index (κ3) is 6.22. The van der Waals surface area contributed by atoms with Crippen molar-refractivity contribution in [2.45, 2.75) is 25.7 Å². The quantitative estimate of drug-likeness (QED) is 0.252. The molecule has 1 heterocycles. The lowest BCUT2D eigenvalue weighted by Gasteiger charge is -2.16. The van der Waals surface area contributed by atoms with Gasteiger partial charge in [-0.3, -0.25) is 10.1 Å². The van der Waals surface area contributed by atoms with Gasteiger partial charge in [-0.1, -0.05) is 12.1 Å². The van der Waals surface area contributed by atoms with Gasteiger partial charge in [-0.15, -0.1) is 0 Å². The van der Waals surface area contributed by atoms with Crippen molar-refractivity contribution >= 4 is 17.5 Å². The van der Waals surface area contributed by atoms with E-state index in [2.05, 4.69) is 9.97 Å². The van der Waals surface area contributed by atoms with Crippen LogP contribution in [-0.2, 0) is 12.8 Å². The maximum atomic E-state index is 10.8. The summed E-state index contributed by atoms with van der Waals surface area (Å²) < 4.78 is 17.0. The molecular formula is C23H27N5O5. The molecule has 10 heteroatoms. The fourth-order valence-electron chi connectivity index (χ4n) is 3.38. The number of hydrogen-bond donors (Lipinski definition) is 2. The largest absolute Gasteiger partial charge is 0.493 e. The maximum Gasteiger partial charge on any atom is 0.269 e. The number of nitrogens with zero attached hydrogens (tertiary/aromatic N) is 3. The van der Waals surface area contributed by atoms with E-state index in [4.69, 9.17) is 25.7 Å². The molecule has 2 aromatic carbocycles. The SMILES string of the molecule is COc1cc(Cc2cnc(N)nc2N)cc(OCCCCc2ccc([N+](=O)[O-])cc2)c1OC. The lowest BCUT2D eigenvalue weighted by molar-refractivity contribution is -0.384. The zero-order valence-corrected chi connectivity index (χ0v) is 18.6. The number of ether oxygens (including phenoxy) is 3. The first-order valence-corrected chi connectivity index (χ1v) is 10.4. The van der Waals surface area contributed by atoms with Crippen molar-refractivity contribution in [2.24, 2.45) is 0 Å². The zero-order chi connectivity index (χ0) is 23.8. The average Bonchev–Trinajstić information content (AvgIpc) is 2.80. The van der Waals surface area contributed by atoms with Crippen LogP contribution in [0.5, 0.6) is 17.2 Å². The Morgan fingerprint density at radius 1 is 1.00 bits per heavy atom. The molecule has 33 heavy (non-hydrogen) atoms.